The summed E-state index contributed by atoms with van der Waals surface area (Å²) >= 11 is 9.09. The van der Waals surface area contributed by atoms with Crippen LogP contribution in [0.15, 0.2) is 16.6 Å². The van der Waals surface area contributed by atoms with Crippen LogP contribution in [0, 0.1) is 5.82 Å². The van der Waals surface area contributed by atoms with E-state index in [0.29, 0.717) is 18.4 Å². The highest BCUT2D eigenvalue weighted by Crippen LogP contribution is 2.32. The van der Waals surface area contributed by atoms with E-state index >= 15 is 0 Å². The lowest BCUT2D eigenvalue weighted by Crippen LogP contribution is -2.42. The number of nitrogens with zero attached hydrogens (tertiary/aromatic N) is 3. The molecule has 1 saturated heterocycles. The average Bonchev–Trinajstić information content (AvgIpc) is 2.91. The number of carbonyl (C=O) groups is 1. The Morgan fingerprint density at radius 3 is 2.74 bits per heavy atom. The van der Waals surface area contributed by atoms with Crippen LogP contribution in [-0.4, -0.2) is 45.3 Å². The van der Waals surface area contributed by atoms with E-state index in [1.165, 1.54) is 0 Å². The summed E-state index contributed by atoms with van der Waals surface area (Å²) in [6.07, 6.45) is -0.109. The Bertz CT molecular complexity index is 890. The lowest BCUT2D eigenvalue weighted by atomic mass is 10.2. The first-order valence-electron chi connectivity index (χ1n) is 8.54. The summed E-state index contributed by atoms with van der Waals surface area (Å²) < 4.78 is 26.1. The summed E-state index contributed by atoms with van der Waals surface area (Å²) in [5, 5.41) is 0.312. The molecule has 0 bridgehead atoms. The first-order valence-corrected chi connectivity index (χ1v) is 9.71. The van der Waals surface area contributed by atoms with Gasteiger partial charge in [-0.15, -0.1) is 0 Å². The van der Waals surface area contributed by atoms with Crippen LogP contribution in [0.4, 0.5) is 9.18 Å². The number of amides is 1. The van der Waals surface area contributed by atoms with E-state index in [9.17, 15) is 9.18 Å². The van der Waals surface area contributed by atoms with Gasteiger partial charge in [0.25, 0.3) is 0 Å². The topological polar surface area (TPSA) is 64.6 Å². The summed E-state index contributed by atoms with van der Waals surface area (Å²) in [4.78, 5) is 22.1. The molecule has 1 amide bonds. The molecular weight excluding hydrogens is 441 g/mol. The second-order valence-corrected chi connectivity index (χ2v) is 8.61. The molecular formula is C18H20BrClFN3O3. The Morgan fingerprint density at radius 1 is 1.37 bits per heavy atom. The summed E-state index contributed by atoms with van der Waals surface area (Å²) in [5.41, 5.74) is -0.495. The van der Waals surface area contributed by atoms with Gasteiger partial charge in [-0.25, -0.2) is 14.2 Å². The molecule has 3 rings (SSSR count). The SMILES string of the molecule is C[C@@H]1[C@H](Oc2nc(Cl)nc3c(F)c(Br)ccc23)CCN1C(=O)OC(C)(C)C. The van der Waals surface area contributed by atoms with Crippen molar-refractivity contribution in [3.8, 4) is 5.88 Å². The highest BCUT2D eigenvalue weighted by atomic mass is 79.9. The van der Waals surface area contributed by atoms with E-state index in [1.807, 2.05) is 27.7 Å². The summed E-state index contributed by atoms with van der Waals surface area (Å²) in [6.45, 7) is 7.84. The summed E-state index contributed by atoms with van der Waals surface area (Å²) in [6, 6.07) is 3.00. The third kappa shape index (κ3) is 4.27. The Hall–Kier alpha value is -1.67. The van der Waals surface area contributed by atoms with Crippen molar-refractivity contribution in [3.05, 3.63) is 27.7 Å². The predicted molar refractivity (Wildman–Crippen MR) is 104 cm³/mol. The van der Waals surface area contributed by atoms with Crippen molar-refractivity contribution in [2.45, 2.75) is 51.9 Å². The third-order valence-electron chi connectivity index (χ3n) is 4.27. The second-order valence-electron chi connectivity index (χ2n) is 7.41. The van der Waals surface area contributed by atoms with E-state index < -0.39 is 11.4 Å². The first-order chi connectivity index (χ1) is 12.6. The number of ether oxygens (including phenoxy) is 2. The van der Waals surface area contributed by atoms with Gasteiger partial charge in [0.1, 0.15) is 17.2 Å². The average molecular weight is 461 g/mol. The van der Waals surface area contributed by atoms with Gasteiger partial charge < -0.3 is 14.4 Å². The van der Waals surface area contributed by atoms with Crippen LogP contribution >= 0.6 is 27.5 Å². The largest absolute Gasteiger partial charge is 0.472 e. The quantitative estimate of drug-likeness (QED) is 0.593. The molecule has 1 aromatic heterocycles. The Labute approximate surface area is 170 Å². The van der Waals surface area contributed by atoms with E-state index in [4.69, 9.17) is 21.1 Å². The van der Waals surface area contributed by atoms with Gasteiger partial charge in [-0.1, -0.05) is 0 Å². The van der Waals surface area contributed by atoms with Crippen molar-refractivity contribution in [1.29, 1.82) is 0 Å². The Balaban J connectivity index is 1.84. The predicted octanol–water partition coefficient (Wildman–Crippen LogP) is 4.96. The Morgan fingerprint density at radius 2 is 2.07 bits per heavy atom. The molecule has 9 heteroatoms. The molecule has 0 N–H and O–H groups in total. The van der Waals surface area contributed by atoms with Crippen molar-refractivity contribution < 1.29 is 18.7 Å². The molecule has 2 atom stereocenters. The number of benzene rings is 1. The van der Waals surface area contributed by atoms with E-state index in [2.05, 4.69) is 25.9 Å². The van der Waals surface area contributed by atoms with Gasteiger partial charge >= 0.3 is 6.09 Å². The zero-order valence-corrected chi connectivity index (χ0v) is 17.8. The molecule has 0 spiro atoms. The number of hydrogen-bond donors (Lipinski definition) is 0. The van der Waals surface area contributed by atoms with Crippen LogP contribution in [0.2, 0.25) is 5.28 Å². The maximum Gasteiger partial charge on any atom is 0.410 e. The normalized spacial score (nSPS) is 20.2. The summed E-state index contributed by atoms with van der Waals surface area (Å²) in [5.74, 6) is -0.337. The van der Waals surface area contributed by atoms with Gasteiger partial charge in [-0.2, -0.15) is 4.98 Å². The van der Waals surface area contributed by atoms with Crippen LogP contribution in [0.25, 0.3) is 10.9 Å². The zero-order chi connectivity index (χ0) is 19.9. The molecule has 2 aromatic rings. The standard InChI is InChI=1S/C18H20BrClFN3O3/c1-9-12(7-8-24(9)17(25)27-18(2,3)4)26-15-10-5-6-11(19)13(21)14(10)22-16(20)23-15/h5-6,9,12H,7-8H2,1-4H3/t9-,12-/m1/s1. The van der Waals surface area contributed by atoms with Crippen LogP contribution in [0.5, 0.6) is 5.88 Å². The number of carbonyl (C=O) groups excluding carboxylic acids is 1. The van der Waals surface area contributed by atoms with Crippen LogP contribution in [0.3, 0.4) is 0 Å². The fourth-order valence-electron chi connectivity index (χ4n) is 2.96. The third-order valence-corrected chi connectivity index (χ3v) is 5.05. The number of rotatable bonds is 2. The molecule has 0 aliphatic carbocycles. The molecule has 1 aromatic carbocycles. The number of halogens is 3. The molecule has 0 radical (unpaired) electrons. The minimum absolute atomic E-state index is 0.0778. The van der Waals surface area contributed by atoms with Gasteiger partial charge in [0.05, 0.1) is 15.9 Å². The lowest BCUT2D eigenvalue weighted by molar-refractivity contribution is 0.0191. The second kappa shape index (κ2) is 7.39. The fourth-order valence-corrected chi connectivity index (χ4v) is 3.44. The summed E-state index contributed by atoms with van der Waals surface area (Å²) in [7, 11) is 0. The highest BCUT2D eigenvalue weighted by molar-refractivity contribution is 9.10. The molecule has 27 heavy (non-hydrogen) atoms. The minimum Gasteiger partial charge on any atom is -0.472 e. The molecule has 1 fully saturated rings. The van der Waals surface area contributed by atoms with Crippen molar-refractivity contribution in [2.75, 3.05) is 6.54 Å². The van der Waals surface area contributed by atoms with Gasteiger partial charge in [0.15, 0.2) is 5.82 Å². The van der Waals surface area contributed by atoms with Gasteiger partial charge in [-0.05, 0) is 67.4 Å². The van der Waals surface area contributed by atoms with Gasteiger partial charge in [-0.3, -0.25) is 0 Å². The van der Waals surface area contributed by atoms with Crippen LogP contribution < -0.4 is 4.74 Å². The molecule has 2 heterocycles. The smallest absolute Gasteiger partial charge is 0.410 e. The maximum atomic E-state index is 14.4. The molecule has 0 unspecified atom stereocenters. The van der Waals surface area contributed by atoms with E-state index in [0.717, 1.165) is 0 Å². The van der Waals surface area contributed by atoms with Crippen molar-refractivity contribution in [1.82, 2.24) is 14.9 Å². The maximum absolute atomic E-state index is 14.4. The van der Waals surface area contributed by atoms with Crippen molar-refractivity contribution in [2.24, 2.45) is 0 Å². The number of aromatic nitrogens is 2. The zero-order valence-electron chi connectivity index (χ0n) is 15.4. The molecule has 0 saturated carbocycles. The first kappa shape index (κ1) is 20.1. The van der Waals surface area contributed by atoms with E-state index in [1.54, 1.807) is 17.0 Å². The van der Waals surface area contributed by atoms with Crippen LogP contribution in [0.1, 0.15) is 34.1 Å². The number of hydrogen-bond acceptors (Lipinski definition) is 5. The number of fused-ring (bicyclic) bond motifs is 1. The van der Waals surface area contributed by atoms with Crippen molar-refractivity contribution in [3.63, 3.8) is 0 Å². The minimum atomic E-state index is -0.572. The highest BCUT2D eigenvalue weighted by Gasteiger charge is 2.38. The molecule has 146 valence electrons. The lowest BCUT2D eigenvalue weighted by Gasteiger charge is -2.28. The molecule has 6 nitrogen and oxygen atoms in total. The van der Waals surface area contributed by atoms with Crippen LogP contribution in [-0.2, 0) is 4.74 Å². The molecule has 1 aliphatic rings. The Kier molecular flexibility index (Phi) is 5.49. The van der Waals surface area contributed by atoms with Crippen molar-refractivity contribution >= 4 is 44.5 Å². The van der Waals surface area contributed by atoms with E-state index in [-0.39, 0.29) is 39.4 Å². The fraction of sp³-hybridized carbons (Fsp3) is 0.500. The van der Waals surface area contributed by atoms with Gasteiger partial charge in [0.2, 0.25) is 11.2 Å². The molecule has 1 aliphatic heterocycles. The number of likely N-dealkylation sites (tertiary alicyclic amines) is 1. The van der Waals surface area contributed by atoms with Gasteiger partial charge in [0, 0.05) is 13.0 Å². The monoisotopic (exact) mass is 459 g/mol.